The van der Waals surface area contributed by atoms with Crippen LogP contribution in [0, 0.1) is 17.5 Å². The summed E-state index contributed by atoms with van der Waals surface area (Å²) in [5.74, 6) is -2.70. The Hall–Kier alpha value is -1.23. The number of rotatable bonds is 3. The van der Waals surface area contributed by atoms with Crippen LogP contribution in [0.3, 0.4) is 0 Å². The molecule has 0 radical (unpaired) electrons. The van der Waals surface area contributed by atoms with Gasteiger partial charge in [0.25, 0.3) is 0 Å². The van der Waals surface area contributed by atoms with Crippen molar-refractivity contribution in [2.75, 3.05) is 11.9 Å². The van der Waals surface area contributed by atoms with Gasteiger partial charge in [-0.2, -0.15) is 0 Å². The molecule has 1 saturated heterocycles. The molecule has 2 nitrogen and oxygen atoms in total. The summed E-state index contributed by atoms with van der Waals surface area (Å²) >= 11 is 0. The van der Waals surface area contributed by atoms with Gasteiger partial charge < -0.3 is 10.1 Å². The zero-order chi connectivity index (χ0) is 13.1. The van der Waals surface area contributed by atoms with Gasteiger partial charge in [0.15, 0.2) is 11.6 Å². The van der Waals surface area contributed by atoms with Crippen molar-refractivity contribution in [3.05, 3.63) is 29.6 Å². The van der Waals surface area contributed by atoms with Crippen molar-refractivity contribution in [1.29, 1.82) is 0 Å². The second-order valence-corrected chi connectivity index (χ2v) is 4.51. The third-order valence-corrected chi connectivity index (χ3v) is 3.18. The van der Waals surface area contributed by atoms with Crippen LogP contribution in [0.4, 0.5) is 18.9 Å². The fourth-order valence-electron chi connectivity index (χ4n) is 2.18. The Bertz CT molecular complexity index is 402. The molecule has 0 aromatic heterocycles. The number of hydrogen-bond donors (Lipinski definition) is 1. The summed E-state index contributed by atoms with van der Waals surface area (Å²) in [4.78, 5) is 0. The molecule has 0 spiro atoms. The summed E-state index contributed by atoms with van der Waals surface area (Å²) < 4.78 is 45.2. The molecular formula is C13H16F3NO. The van der Waals surface area contributed by atoms with Gasteiger partial charge in [0.1, 0.15) is 11.5 Å². The molecule has 1 aliphatic heterocycles. The normalized spacial score (nSPS) is 24.0. The number of halogens is 3. The molecular weight excluding hydrogens is 243 g/mol. The van der Waals surface area contributed by atoms with E-state index in [0.29, 0.717) is 31.6 Å². The molecule has 1 heterocycles. The first kappa shape index (κ1) is 13.2. The minimum atomic E-state index is -0.908. The first-order valence-electron chi connectivity index (χ1n) is 6.12. The molecule has 2 atom stereocenters. The van der Waals surface area contributed by atoms with Gasteiger partial charge in [0, 0.05) is 24.8 Å². The highest BCUT2D eigenvalue weighted by molar-refractivity contribution is 5.47. The monoisotopic (exact) mass is 259 g/mol. The van der Waals surface area contributed by atoms with Gasteiger partial charge in [-0.25, -0.2) is 13.2 Å². The van der Waals surface area contributed by atoms with Crippen molar-refractivity contribution in [1.82, 2.24) is 0 Å². The lowest BCUT2D eigenvalue weighted by Crippen LogP contribution is -2.34. The molecule has 1 N–H and O–H groups in total. The molecule has 0 saturated carbocycles. The zero-order valence-electron chi connectivity index (χ0n) is 10.2. The van der Waals surface area contributed by atoms with Gasteiger partial charge in [-0.15, -0.1) is 0 Å². The Labute approximate surface area is 104 Å². The van der Waals surface area contributed by atoms with E-state index in [2.05, 4.69) is 5.32 Å². The van der Waals surface area contributed by atoms with Gasteiger partial charge in [0.05, 0.1) is 6.10 Å². The molecule has 0 amide bonds. The van der Waals surface area contributed by atoms with Crippen LogP contribution in [0.25, 0.3) is 0 Å². The Morgan fingerprint density at radius 3 is 2.56 bits per heavy atom. The van der Waals surface area contributed by atoms with Crippen molar-refractivity contribution in [3.8, 4) is 0 Å². The van der Waals surface area contributed by atoms with Crippen molar-refractivity contribution in [3.63, 3.8) is 0 Å². The standard InChI is InChI=1S/C13H16F3NO/c1-2-10-7-9(3-4-18-10)17-13-11(15)5-8(14)6-12(13)16/h5-6,9-10,17H,2-4,7H2,1H3. The summed E-state index contributed by atoms with van der Waals surface area (Å²) in [6, 6.07) is 1.32. The first-order valence-corrected chi connectivity index (χ1v) is 6.12. The van der Waals surface area contributed by atoms with Crippen molar-refractivity contribution >= 4 is 5.69 Å². The molecule has 1 fully saturated rings. The summed E-state index contributed by atoms with van der Waals surface area (Å²) in [6.07, 6.45) is 2.37. The summed E-state index contributed by atoms with van der Waals surface area (Å²) in [5.41, 5.74) is -0.252. The second-order valence-electron chi connectivity index (χ2n) is 4.51. The van der Waals surface area contributed by atoms with Gasteiger partial charge in [-0.05, 0) is 19.3 Å². The first-order chi connectivity index (χ1) is 8.60. The Kier molecular flexibility index (Phi) is 4.11. The van der Waals surface area contributed by atoms with Crippen LogP contribution in [0.5, 0.6) is 0 Å². The van der Waals surface area contributed by atoms with E-state index in [9.17, 15) is 13.2 Å². The molecule has 0 bridgehead atoms. The van der Waals surface area contributed by atoms with Crippen molar-refractivity contribution in [2.24, 2.45) is 0 Å². The fraction of sp³-hybridized carbons (Fsp3) is 0.538. The van der Waals surface area contributed by atoms with Crippen LogP contribution in [-0.2, 0) is 4.74 Å². The van der Waals surface area contributed by atoms with E-state index in [0.717, 1.165) is 6.42 Å². The minimum Gasteiger partial charge on any atom is -0.378 e. The molecule has 18 heavy (non-hydrogen) atoms. The molecule has 1 aromatic rings. The number of ether oxygens (including phenoxy) is 1. The average molecular weight is 259 g/mol. The van der Waals surface area contributed by atoms with Crippen LogP contribution in [0.1, 0.15) is 26.2 Å². The topological polar surface area (TPSA) is 21.3 Å². The fourth-order valence-corrected chi connectivity index (χ4v) is 2.18. The van der Waals surface area contributed by atoms with E-state index in [-0.39, 0.29) is 17.8 Å². The number of benzene rings is 1. The van der Waals surface area contributed by atoms with Gasteiger partial charge in [-0.3, -0.25) is 0 Å². The lowest BCUT2D eigenvalue weighted by atomic mass is 10.0. The smallest absolute Gasteiger partial charge is 0.152 e. The second kappa shape index (κ2) is 5.61. The van der Waals surface area contributed by atoms with Gasteiger partial charge in [0.2, 0.25) is 0 Å². The maximum absolute atomic E-state index is 13.5. The third-order valence-electron chi connectivity index (χ3n) is 3.18. The highest BCUT2D eigenvalue weighted by Crippen LogP contribution is 2.25. The maximum Gasteiger partial charge on any atom is 0.152 e. The Morgan fingerprint density at radius 2 is 1.94 bits per heavy atom. The van der Waals surface area contributed by atoms with Crippen molar-refractivity contribution in [2.45, 2.75) is 38.3 Å². The maximum atomic E-state index is 13.5. The molecule has 1 aliphatic rings. The van der Waals surface area contributed by atoms with E-state index in [4.69, 9.17) is 4.74 Å². The van der Waals surface area contributed by atoms with Crippen molar-refractivity contribution < 1.29 is 17.9 Å². The van der Waals surface area contributed by atoms with E-state index in [1.165, 1.54) is 0 Å². The average Bonchev–Trinajstić information content (AvgIpc) is 2.34. The minimum absolute atomic E-state index is 0.0434. The van der Waals surface area contributed by atoms with Crippen LogP contribution in [0.2, 0.25) is 0 Å². The highest BCUT2D eigenvalue weighted by atomic mass is 19.1. The third kappa shape index (κ3) is 2.96. The predicted molar refractivity (Wildman–Crippen MR) is 63.0 cm³/mol. The van der Waals surface area contributed by atoms with E-state index in [1.807, 2.05) is 6.92 Å². The number of hydrogen-bond acceptors (Lipinski definition) is 2. The molecule has 1 aromatic carbocycles. The summed E-state index contributed by atoms with van der Waals surface area (Å²) in [7, 11) is 0. The van der Waals surface area contributed by atoms with Gasteiger partial charge >= 0.3 is 0 Å². The summed E-state index contributed by atoms with van der Waals surface area (Å²) in [6.45, 7) is 2.58. The quantitative estimate of drug-likeness (QED) is 0.897. The van der Waals surface area contributed by atoms with E-state index >= 15 is 0 Å². The SMILES string of the molecule is CCC1CC(Nc2c(F)cc(F)cc2F)CCO1. The largest absolute Gasteiger partial charge is 0.378 e. The highest BCUT2D eigenvalue weighted by Gasteiger charge is 2.23. The van der Waals surface area contributed by atoms with Crippen LogP contribution in [-0.4, -0.2) is 18.8 Å². The predicted octanol–water partition coefficient (Wildman–Crippen LogP) is 3.47. The lowest BCUT2D eigenvalue weighted by Gasteiger charge is -2.30. The van der Waals surface area contributed by atoms with E-state index in [1.54, 1.807) is 0 Å². The zero-order valence-corrected chi connectivity index (χ0v) is 10.2. The molecule has 2 rings (SSSR count). The van der Waals surface area contributed by atoms with Gasteiger partial charge in [-0.1, -0.05) is 6.92 Å². The number of anilines is 1. The van der Waals surface area contributed by atoms with Crippen LogP contribution >= 0.6 is 0 Å². The number of nitrogens with one attached hydrogen (secondary N) is 1. The van der Waals surface area contributed by atoms with Crippen LogP contribution in [0.15, 0.2) is 12.1 Å². The molecule has 0 aliphatic carbocycles. The molecule has 2 unspecified atom stereocenters. The van der Waals surface area contributed by atoms with E-state index < -0.39 is 17.5 Å². The van der Waals surface area contributed by atoms with Crippen LogP contribution < -0.4 is 5.32 Å². The summed E-state index contributed by atoms with van der Waals surface area (Å²) in [5, 5.41) is 2.81. The molecule has 5 heteroatoms. The molecule has 100 valence electrons. The Balaban J connectivity index is 2.09. The Morgan fingerprint density at radius 1 is 1.28 bits per heavy atom. The lowest BCUT2D eigenvalue weighted by molar-refractivity contribution is 0.00916.